The van der Waals surface area contributed by atoms with Crippen molar-refractivity contribution in [1.82, 2.24) is 0 Å². The summed E-state index contributed by atoms with van der Waals surface area (Å²) in [5, 5.41) is 0. The van der Waals surface area contributed by atoms with Crippen LogP contribution in [0.4, 0.5) is 0 Å². The summed E-state index contributed by atoms with van der Waals surface area (Å²) >= 11 is 5.40. The lowest BCUT2D eigenvalue weighted by atomic mass is 9.71. The Bertz CT molecular complexity index is 295. The minimum absolute atomic E-state index is 0.106. The van der Waals surface area contributed by atoms with Crippen molar-refractivity contribution in [3.63, 3.8) is 0 Å². The van der Waals surface area contributed by atoms with Crippen molar-refractivity contribution in [3.8, 4) is 0 Å². The second-order valence-electron chi connectivity index (χ2n) is 4.68. The summed E-state index contributed by atoms with van der Waals surface area (Å²) in [6.45, 7) is 4.22. The van der Waals surface area contributed by atoms with Crippen molar-refractivity contribution >= 4 is 23.5 Å². The number of ether oxygens (including phenoxy) is 2. The van der Waals surface area contributed by atoms with E-state index in [-0.39, 0.29) is 29.3 Å². The van der Waals surface area contributed by atoms with Gasteiger partial charge in [-0.3, -0.25) is 9.59 Å². The SMILES string of the molecule is CCOC(=O)C1(CC)CCC(OC(=O)CCl)CC1. The van der Waals surface area contributed by atoms with Gasteiger partial charge < -0.3 is 9.47 Å². The van der Waals surface area contributed by atoms with Crippen molar-refractivity contribution in [2.75, 3.05) is 12.5 Å². The van der Waals surface area contributed by atoms with Crippen LogP contribution < -0.4 is 0 Å². The highest BCUT2D eigenvalue weighted by Crippen LogP contribution is 2.41. The van der Waals surface area contributed by atoms with Gasteiger partial charge in [0, 0.05) is 0 Å². The number of esters is 2. The van der Waals surface area contributed by atoms with Crippen LogP contribution >= 0.6 is 11.6 Å². The van der Waals surface area contributed by atoms with Gasteiger partial charge in [0.2, 0.25) is 0 Å². The van der Waals surface area contributed by atoms with E-state index in [0.717, 1.165) is 6.42 Å². The zero-order valence-electron chi connectivity index (χ0n) is 11.0. The van der Waals surface area contributed by atoms with Crippen LogP contribution in [0.1, 0.15) is 46.0 Å². The van der Waals surface area contributed by atoms with Crippen molar-refractivity contribution in [3.05, 3.63) is 0 Å². The molecule has 0 saturated heterocycles. The second-order valence-corrected chi connectivity index (χ2v) is 4.94. The number of hydrogen-bond donors (Lipinski definition) is 0. The van der Waals surface area contributed by atoms with E-state index in [9.17, 15) is 9.59 Å². The molecule has 104 valence electrons. The number of carbonyl (C=O) groups excluding carboxylic acids is 2. The van der Waals surface area contributed by atoms with Gasteiger partial charge in [-0.25, -0.2) is 0 Å². The average molecular weight is 277 g/mol. The molecule has 0 aliphatic heterocycles. The monoisotopic (exact) mass is 276 g/mol. The maximum Gasteiger partial charge on any atom is 0.321 e. The van der Waals surface area contributed by atoms with Gasteiger partial charge in [0.05, 0.1) is 12.0 Å². The van der Waals surface area contributed by atoms with E-state index in [4.69, 9.17) is 21.1 Å². The third-order valence-electron chi connectivity index (χ3n) is 3.68. The van der Waals surface area contributed by atoms with Crippen LogP contribution in [0.3, 0.4) is 0 Å². The molecule has 0 aromatic carbocycles. The average Bonchev–Trinajstić information content (AvgIpc) is 2.40. The molecule has 1 saturated carbocycles. The Morgan fingerprint density at radius 2 is 1.89 bits per heavy atom. The van der Waals surface area contributed by atoms with Gasteiger partial charge in [0.1, 0.15) is 12.0 Å². The molecule has 1 rings (SSSR count). The number of alkyl halides is 1. The first-order chi connectivity index (χ1) is 8.57. The zero-order valence-corrected chi connectivity index (χ0v) is 11.8. The number of hydrogen-bond acceptors (Lipinski definition) is 4. The fourth-order valence-corrected chi connectivity index (χ4v) is 2.53. The fraction of sp³-hybridized carbons (Fsp3) is 0.846. The van der Waals surface area contributed by atoms with Crippen LogP contribution in [0.25, 0.3) is 0 Å². The van der Waals surface area contributed by atoms with Crippen LogP contribution in [0.15, 0.2) is 0 Å². The van der Waals surface area contributed by atoms with Gasteiger partial charge in [0.15, 0.2) is 0 Å². The Kier molecular flexibility index (Phi) is 5.93. The maximum absolute atomic E-state index is 12.0. The Hall–Kier alpha value is -0.770. The van der Waals surface area contributed by atoms with Gasteiger partial charge >= 0.3 is 11.9 Å². The lowest BCUT2D eigenvalue weighted by Gasteiger charge is -2.36. The van der Waals surface area contributed by atoms with Crippen LogP contribution in [0, 0.1) is 5.41 Å². The molecule has 0 amide bonds. The summed E-state index contributed by atoms with van der Waals surface area (Å²) in [6.07, 6.45) is 3.49. The largest absolute Gasteiger partial charge is 0.466 e. The highest BCUT2D eigenvalue weighted by atomic mass is 35.5. The highest BCUT2D eigenvalue weighted by molar-refractivity contribution is 6.26. The minimum Gasteiger partial charge on any atom is -0.466 e. The molecule has 0 aromatic heterocycles. The molecule has 0 unspecified atom stereocenters. The Balaban J connectivity index is 2.53. The standard InChI is InChI=1S/C13H21ClO4/c1-3-13(12(16)17-4-2)7-5-10(6-8-13)18-11(15)9-14/h10H,3-9H2,1-2H3. The molecule has 0 heterocycles. The predicted octanol–water partition coefficient (Wildman–Crippen LogP) is 2.67. The molecule has 0 radical (unpaired) electrons. The smallest absolute Gasteiger partial charge is 0.321 e. The van der Waals surface area contributed by atoms with E-state index >= 15 is 0 Å². The van der Waals surface area contributed by atoms with Crippen LogP contribution in [-0.2, 0) is 19.1 Å². The summed E-state index contributed by atoms with van der Waals surface area (Å²) in [4.78, 5) is 23.1. The summed E-state index contributed by atoms with van der Waals surface area (Å²) < 4.78 is 10.3. The molecular weight excluding hydrogens is 256 g/mol. The summed E-state index contributed by atoms with van der Waals surface area (Å²) in [6, 6.07) is 0. The lowest BCUT2D eigenvalue weighted by molar-refractivity contribution is -0.161. The van der Waals surface area contributed by atoms with Gasteiger partial charge in [0.25, 0.3) is 0 Å². The molecule has 0 atom stereocenters. The normalized spacial score (nSPS) is 27.6. The van der Waals surface area contributed by atoms with E-state index < -0.39 is 0 Å². The molecule has 5 heteroatoms. The molecule has 1 fully saturated rings. The van der Waals surface area contributed by atoms with Gasteiger partial charge in [-0.1, -0.05) is 6.92 Å². The number of rotatable bonds is 5. The fourth-order valence-electron chi connectivity index (χ4n) is 2.47. The Labute approximate surface area is 113 Å². The predicted molar refractivity (Wildman–Crippen MR) is 68.4 cm³/mol. The molecule has 0 N–H and O–H groups in total. The van der Waals surface area contributed by atoms with E-state index in [2.05, 4.69) is 0 Å². The molecule has 1 aliphatic carbocycles. The lowest BCUT2D eigenvalue weighted by Crippen LogP contribution is -2.39. The summed E-state index contributed by atoms with van der Waals surface area (Å²) in [7, 11) is 0. The first-order valence-electron chi connectivity index (χ1n) is 6.50. The van der Waals surface area contributed by atoms with E-state index in [1.165, 1.54) is 0 Å². The van der Waals surface area contributed by atoms with Crippen molar-refractivity contribution in [1.29, 1.82) is 0 Å². The second kappa shape index (κ2) is 6.98. The molecule has 0 aromatic rings. The van der Waals surface area contributed by atoms with E-state index in [0.29, 0.717) is 32.3 Å². The van der Waals surface area contributed by atoms with Crippen LogP contribution in [0.5, 0.6) is 0 Å². The highest BCUT2D eigenvalue weighted by Gasteiger charge is 2.42. The molecular formula is C13H21ClO4. The number of carbonyl (C=O) groups is 2. The Morgan fingerprint density at radius 1 is 1.28 bits per heavy atom. The molecule has 18 heavy (non-hydrogen) atoms. The van der Waals surface area contributed by atoms with Gasteiger partial charge in [-0.2, -0.15) is 0 Å². The van der Waals surface area contributed by atoms with E-state index in [1.54, 1.807) is 0 Å². The molecule has 0 bridgehead atoms. The van der Waals surface area contributed by atoms with Gasteiger partial charge in [-0.05, 0) is 39.0 Å². The van der Waals surface area contributed by atoms with Gasteiger partial charge in [-0.15, -0.1) is 11.6 Å². The summed E-state index contributed by atoms with van der Waals surface area (Å²) in [5.74, 6) is -0.621. The van der Waals surface area contributed by atoms with E-state index in [1.807, 2.05) is 13.8 Å². The maximum atomic E-state index is 12.0. The first kappa shape index (κ1) is 15.3. The summed E-state index contributed by atoms with van der Waals surface area (Å²) in [5.41, 5.74) is -0.389. The quantitative estimate of drug-likeness (QED) is 0.572. The van der Waals surface area contributed by atoms with Crippen LogP contribution in [0.2, 0.25) is 0 Å². The third kappa shape index (κ3) is 3.61. The number of halogens is 1. The van der Waals surface area contributed by atoms with Crippen molar-refractivity contribution < 1.29 is 19.1 Å². The first-order valence-corrected chi connectivity index (χ1v) is 7.04. The molecule has 1 aliphatic rings. The molecule has 4 nitrogen and oxygen atoms in total. The topological polar surface area (TPSA) is 52.6 Å². The zero-order chi connectivity index (χ0) is 13.6. The van der Waals surface area contributed by atoms with Crippen LogP contribution in [-0.4, -0.2) is 30.5 Å². The minimum atomic E-state index is -0.389. The third-order valence-corrected chi connectivity index (χ3v) is 3.90. The molecule has 0 spiro atoms. The Morgan fingerprint density at radius 3 is 2.33 bits per heavy atom. The van der Waals surface area contributed by atoms with Crippen molar-refractivity contribution in [2.24, 2.45) is 5.41 Å². The van der Waals surface area contributed by atoms with Crippen molar-refractivity contribution in [2.45, 2.75) is 52.1 Å².